The number of carbonyl (C=O) groups excluding carboxylic acids is 2. The summed E-state index contributed by atoms with van der Waals surface area (Å²) in [6.45, 7) is 2.57. The number of aliphatic hydroxyl groups is 1. The minimum atomic E-state index is -0.408. The van der Waals surface area contributed by atoms with Crippen molar-refractivity contribution < 1.29 is 19.4 Å². The zero-order valence-corrected chi connectivity index (χ0v) is 20.8. The second-order valence-electron chi connectivity index (χ2n) is 9.97. The van der Waals surface area contributed by atoms with E-state index in [1.54, 1.807) is 24.3 Å². The highest BCUT2D eigenvalue weighted by Crippen LogP contribution is 2.39. The van der Waals surface area contributed by atoms with Crippen LogP contribution in [-0.4, -0.2) is 47.7 Å². The summed E-state index contributed by atoms with van der Waals surface area (Å²) in [6, 6.07) is 25.0. The number of likely N-dealkylation sites (tertiary alicyclic amines) is 1. The minimum Gasteiger partial charge on any atom is -0.446 e. The average Bonchev–Trinajstić information content (AvgIpc) is 3.47. The van der Waals surface area contributed by atoms with E-state index in [1.165, 1.54) is 0 Å². The smallest absolute Gasteiger partial charge is 0.411 e. The van der Waals surface area contributed by atoms with Crippen molar-refractivity contribution in [1.29, 1.82) is 0 Å². The van der Waals surface area contributed by atoms with E-state index in [1.807, 2.05) is 54.6 Å². The van der Waals surface area contributed by atoms with Gasteiger partial charge in [0.1, 0.15) is 6.10 Å². The van der Waals surface area contributed by atoms with Gasteiger partial charge in [-0.15, -0.1) is 0 Å². The van der Waals surface area contributed by atoms with Crippen LogP contribution >= 0.6 is 0 Å². The molecule has 192 valence electrons. The van der Waals surface area contributed by atoms with Gasteiger partial charge in [0.25, 0.3) is 0 Å². The number of amides is 2. The maximum atomic E-state index is 12.7. The number of rotatable bonds is 8. The van der Waals surface area contributed by atoms with E-state index >= 15 is 0 Å². The standard InChI is InChI=1S/C30H33N3O4/c34-20-21-10-12-25(13-11-21)31-29(35)14-15-33-18-23-16-26(17-24(23)19-33)37-30(36)32-28-9-5-4-8-27(28)22-6-2-1-3-7-22/h1-13,23-24,26,34H,14-20H2,(H,31,35)(H,32,36). The predicted octanol–water partition coefficient (Wildman–Crippen LogP) is 5.13. The van der Waals surface area contributed by atoms with Crippen LogP contribution in [0.25, 0.3) is 11.1 Å². The van der Waals surface area contributed by atoms with Crippen molar-refractivity contribution in [1.82, 2.24) is 4.90 Å². The second kappa shape index (κ2) is 11.6. The predicted molar refractivity (Wildman–Crippen MR) is 144 cm³/mol. The van der Waals surface area contributed by atoms with Gasteiger partial charge in [-0.2, -0.15) is 0 Å². The molecule has 5 rings (SSSR count). The summed E-state index contributed by atoms with van der Waals surface area (Å²) in [5, 5.41) is 15.0. The molecule has 2 fully saturated rings. The Morgan fingerprint density at radius 3 is 2.24 bits per heavy atom. The Morgan fingerprint density at radius 1 is 0.865 bits per heavy atom. The maximum Gasteiger partial charge on any atom is 0.411 e. The van der Waals surface area contributed by atoms with Crippen molar-refractivity contribution in [2.45, 2.75) is 32.0 Å². The maximum absolute atomic E-state index is 12.7. The second-order valence-corrected chi connectivity index (χ2v) is 9.97. The summed E-state index contributed by atoms with van der Waals surface area (Å²) < 4.78 is 5.81. The molecule has 0 bridgehead atoms. The Balaban J connectivity index is 1.05. The molecule has 1 saturated carbocycles. The van der Waals surface area contributed by atoms with Crippen LogP contribution in [0.5, 0.6) is 0 Å². The third-order valence-corrected chi connectivity index (χ3v) is 7.38. The molecule has 2 aliphatic rings. The lowest BCUT2D eigenvalue weighted by Gasteiger charge is -2.19. The van der Waals surface area contributed by atoms with E-state index in [0.717, 1.165) is 60.5 Å². The molecule has 2 atom stereocenters. The highest BCUT2D eigenvalue weighted by Gasteiger charge is 2.42. The Kier molecular flexibility index (Phi) is 7.82. The quantitative estimate of drug-likeness (QED) is 0.400. The van der Waals surface area contributed by atoms with Gasteiger partial charge in [-0.25, -0.2) is 4.79 Å². The topological polar surface area (TPSA) is 90.9 Å². The van der Waals surface area contributed by atoms with Crippen LogP contribution in [0.4, 0.5) is 16.2 Å². The minimum absolute atomic E-state index is 0.00962. The van der Waals surface area contributed by atoms with Crippen LogP contribution in [0.3, 0.4) is 0 Å². The number of para-hydroxylation sites is 1. The molecule has 3 N–H and O–H groups in total. The summed E-state index contributed by atoms with van der Waals surface area (Å²) in [6.07, 6.45) is 1.67. The van der Waals surface area contributed by atoms with Crippen LogP contribution in [0.15, 0.2) is 78.9 Å². The number of nitrogens with one attached hydrogen (secondary N) is 2. The number of hydrogen-bond acceptors (Lipinski definition) is 5. The van der Waals surface area contributed by atoms with Crippen molar-refractivity contribution in [2.24, 2.45) is 11.8 Å². The molecule has 7 nitrogen and oxygen atoms in total. The molecule has 1 aliphatic carbocycles. The van der Waals surface area contributed by atoms with Gasteiger partial charge in [0.2, 0.25) is 5.91 Å². The van der Waals surface area contributed by atoms with Gasteiger partial charge in [-0.3, -0.25) is 10.1 Å². The Morgan fingerprint density at radius 2 is 1.54 bits per heavy atom. The molecule has 1 heterocycles. The number of carbonyl (C=O) groups is 2. The van der Waals surface area contributed by atoms with Gasteiger partial charge in [-0.1, -0.05) is 60.7 Å². The Labute approximate surface area is 217 Å². The first kappa shape index (κ1) is 25.0. The first-order chi connectivity index (χ1) is 18.1. The van der Waals surface area contributed by atoms with Crippen molar-refractivity contribution in [2.75, 3.05) is 30.3 Å². The molecule has 1 saturated heterocycles. The molecule has 37 heavy (non-hydrogen) atoms. The van der Waals surface area contributed by atoms with E-state index < -0.39 is 6.09 Å². The van der Waals surface area contributed by atoms with E-state index in [9.17, 15) is 9.59 Å². The van der Waals surface area contributed by atoms with Crippen molar-refractivity contribution in [3.63, 3.8) is 0 Å². The molecule has 0 aromatic heterocycles. The number of benzene rings is 3. The Hall–Kier alpha value is -3.68. The third-order valence-electron chi connectivity index (χ3n) is 7.38. The fourth-order valence-electron chi connectivity index (χ4n) is 5.55. The Bertz CT molecular complexity index is 1200. The summed E-state index contributed by atoms with van der Waals surface area (Å²) >= 11 is 0. The summed E-state index contributed by atoms with van der Waals surface area (Å²) in [5.41, 5.74) is 4.31. The highest BCUT2D eigenvalue weighted by molar-refractivity contribution is 5.92. The van der Waals surface area contributed by atoms with Crippen LogP contribution in [-0.2, 0) is 16.1 Å². The number of ether oxygens (including phenoxy) is 1. The third kappa shape index (κ3) is 6.37. The van der Waals surface area contributed by atoms with Crippen LogP contribution in [0, 0.1) is 11.8 Å². The van der Waals surface area contributed by atoms with Gasteiger partial charge in [0.05, 0.1) is 12.3 Å². The molecule has 1 aliphatic heterocycles. The lowest BCUT2D eigenvalue weighted by atomic mass is 10.0. The normalized spacial score (nSPS) is 20.8. The highest BCUT2D eigenvalue weighted by atomic mass is 16.6. The van der Waals surface area contributed by atoms with Crippen molar-refractivity contribution in [3.05, 3.63) is 84.4 Å². The van der Waals surface area contributed by atoms with Crippen molar-refractivity contribution >= 4 is 23.4 Å². The molecule has 3 aromatic rings. The zero-order chi connectivity index (χ0) is 25.6. The zero-order valence-electron chi connectivity index (χ0n) is 20.8. The first-order valence-corrected chi connectivity index (χ1v) is 12.9. The molecular weight excluding hydrogens is 466 g/mol. The molecular formula is C30H33N3O4. The van der Waals surface area contributed by atoms with Gasteiger partial charge in [0.15, 0.2) is 0 Å². The fourth-order valence-corrected chi connectivity index (χ4v) is 5.55. The number of anilines is 2. The lowest BCUT2D eigenvalue weighted by molar-refractivity contribution is -0.116. The molecule has 2 amide bonds. The largest absolute Gasteiger partial charge is 0.446 e. The lowest BCUT2D eigenvalue weighted by Crippen LogP contribution is -2.28. The average molecular weight is 500 g/mol. The molecule has 3 aromatic carbocycles. The van der Waals surface area contributed by atoms with E-state index in [2.05, 4.69) is 15.5 Å². The van der Waals surface area contributed by atoms with E-state index in [-0.39, 0.29) is 18.6 Å². The molecule has 7 heteroatoms. The van der Waals surface area contributed by atoms with Crippen LogP contribution in [0.2, 0.25) is 0 Å². The number of fused-ring (bicyclic) bond motifs is 1. The fraction of sp³-hybridized carbons (Fsp3) is 0.333. The number of nitrogens with zero attached hydrogens (tertiary/aromatic N) is 1. The molecule has 0 radical (unpaired) electrons. The van der Waals surface area contributed by atoms with Gasteiger partial charge in [0, 0.05) is 37.3 Å². The number of aliphatic hydroxyl groups excluding tert-OH is 1. The SMILES string of the molecule is O=C(CCN1CC2CC(OC(=O)Nc3ccccc3-c3ccccc3)CC2C1)Nc1ccc(CO)cc1. The van der Waals surface area contributed by atoms with E-state index in [4.69, 9.17) is 9.84 Å². The molecule has 2 unspecified atom stereocenters. The van der Waals surface area contributed by atoms with E-state index in [0.29, 0.717) is 18.3 Å². The van der Waals surface area contributed by atoms with Crippen LogP contribution < -0.4 is 10.6 Å². The summed E-state index contributed by atoms with van der Waals surface area (Å²) in [7, 11) is 0. The summed E-state index contributed by atoms with van der Waals surface area (Å²) in [4.78, 5) is 27.4. The van der Waals surface area contributed by atoms with Gasteiger partial charge < -0.3 is 20.1 Å². The molecule has 0 spiro atoms. The van der Waals surface area contributed by atoms with Crippen molar-refractivity contribution in [3.8, 4) is 11.1 Å². The van der Waals surface area contributed by atoms with Gasteiger partial charge in [-0.05, 0) is 54.0 Å². The van der Waals surface area contributed by atoms with Crippen LogP contribution in [0.1, 0.15) is 24.8 Å². The van der Waals surface area contributed by atoms with Gasteiger partial charge >= 0.3 is 6.09 Å². The number of hydrogen-bond donors (Lipinski definition) is 3. The summed E-state index contributed by atoms with van der Waals surface area (Å²) in [5.74, 6) is 0.967. The monoisotopic (exact) mass is 499 g/mol. The first-order valence-electron chi connectivity index (χ1n) is 12.9.